The summed E-state index contributed by atoms with van der Waals surface area (Å²) >= 11 is 7.19. The molecule has 180 valence electrons. The summed E-state index contributed by atoms with van der Waals surface area (Å²) in [5.41, 5.74) is 1.94. The SMILES string of the molecule is Cc1ncc(Cl)cc1SNc1ccc(F)c(-c2ccc3nc(NC4CCCCC4)ncc3c2)c1F. The minimum atomic E-state index is -0.680. The first kappa shape index (κ1) is 23.8. The zero-order chi connectivity index (χ0) is 24.4. The Morgan fingerprint density at radius 1 is 1.00 bits per heavy atom. The maximum atomic E-state index is 15.4. The van der Waals surface area contributed by atoms with Crippen LogP contribution in [0.4, 0.5) is 20.4 Å². The summed E-state index contributed by atoms with van der Waals surface area (Å²) in [6.07, 6.45) is 9.20. The molecule has 5 rings (SSSR count). The number of aryl methyl sites for hydroxylation is 1. The Bertz CT molecular complexity index is 1380. The summed E-state index contributed by atoms with van der Waals surface area (Å²) in [6, 6.07) is 9.93. The topological polar surface area (TPSA) is 62.7 Å². The summed E-state index contributed by atoms with van der Waals surface area (Å²) < 4.78 is 33.2. The van der Waals surface area contributed by atoms with Crippen LogP contribution in [-0.2, 0) is 0 Å². The Morgan fingerprint density at radius 3 is 2.66 bits per heavy atom. The molecule has 1 fully saturated rings. The Kier molecular flexibility index (Phi) is 7.02. The second-order valence-corrected chi connectivity index (χ2v) is 9.96. The third kappa shape index (κ3) is 5.33. The Labute approximate surface area is 211 Å². The summed E-state index contributed by atoms with van der Waals surface area (Å²) in [6.45, 7) is 1.83. The van der Waals surface area contributed by atoms with Crippen LogP contribution in [0.2, 0.25) is 5.02 Å². The molecular weight excluding hydrogens is 488 g/mol. The van der Waals surface area contributed by atoms with Gasteiger partial charge in [0.1, 0.15) is 5.82 Å². The molecule has 0 bridgehead atoms. The molecule has 2 heterocycles. The van der Waals surface area contributed by atoms with E-state index in [2.05, 4.69) is 25.0 Å². The van der Waals surface area contributed by atoms with Crippen molar-refractivity contribution in [1.82, 2.24) is 15.0 Å². The lowest BCUT2D eigenvalue weighted by Gasteiger charge is -2.22. The lowest BCUT2D eigenvalue weighted by atomic mass is 9.96. The summed E-state index contributed by atoms with van der Waals surface area (Å²) in [5, 5.41) is 4.61. The molecule has 2 N–H and O–H groups in total. The molecule has 0 aliphatic heterocycles. The van der Waals surface area contributed by atoms with E-state index in [4.69, 9.17) is 11.6 Å². The van der Waals surface area contributed by atoms with Crippen molar-refractivity contribution in [2.24, 2.45) is 0 Å². The molecular formula is C26H24ClF2N5S. The number of hydrogen-bond acceptors (Lipinski definition) is 6. The van der Waals surface area contributed by atoms with Gasteiger partial charge in [-0.1, -0.05) is 36.9 Å². The van der Waals surface area contributed by atoms with Crippen LogP contribution < -0.4 is 10.0 Å². The van der Waals surface area contributed by atoms with E-state index in [9.17, 15) is 4.39 Å². The van der Waals surface area contributed by atoms with E-state index in [0.29, 0.717) is 28.0 Å². The number of nitrogens with zero attached hydrogens (tertiary/aromatic N) is 3. The van der Waals surface area contributed by atoms with Gasteiger partial charge >= 0.3 is 0 Å². The van der Waals surface area contributed by atoms with Crippen molar-refractivity contribution >= 4 is 46.1 Å². The van der Waals surface area contributed by atoms with Gasteiger partial charge < -0.3 is 10.0 Å². The van der Waals surface area contributed by atoms with Gasteiger partial charge in [-0.15, -0.1) is 0 Å². The van der Waals surface area contributed by atoms with Crippen molar-refractivity contribution in [2.75, 3.05) is 10.0 Å². The van der Waals surface area contributed by atoms with Gasteiger partial charge in [0.05, 0.1) is 32.4 Å². The third-order valence-corrected chi connectivity index (χ3v) is 7.34. The molecule has 0 amide bonds. The second-order valence-electron chi connectivity index (χ2n) is 8.67. The van der Waals surface area contributed by atoms with E-state index in [-0.39, 0.29) is 11.3 Å². The van der Waals surface area contributed by atoms with Gasteiger partial charge in [-0.05, 0) is 67.6 Å². The van der Waals surface area contributed by atoms with Crippen LogP contribution in [0.1, 0.15) is 37.8 Å². The highest BCUT2D eigenvalue weighted by Crippen LogP contribution is 2.35. The van der Waals surface area contributed by atoms with Crippen LogP contribution in [-0.4, -0.2) is 21.0 Å². The molecule has 5 nitrogen and oxygen atoms in total. The fraction of sp³-hybridized carbons (Fsp3) is 0.269. The van der Waals surface area contributed by atoms with Gasteiger partial charge in [0.15, 0.2) is 5.82 Å². The first-order chi connectivity index (χ1) is 17.0. The summed E-state index contributed by atoms with van der Waals surface area (Å²) in [5.74, 6) is -0.737. The molecule has 1 saturated carbocycles. The number of benzene rings is 2. The van der Waals surface area contributed by atoms with Gasteiger partial charge in [-0.25, -0.2) is 18.7 Å². The highest BCUT2D eigenvalue weighted by Gasteiger charge is 2.18. The lowest BCUT2D eigenvalue weighted by molar-refractivity contribution is 0.461. The molecule has 0 radical (unpaired) electrons. The van der Waals surface area contributed by atoms with E-state index >= 15 is 4.39 Å². The number of anilines is 2. The van der Waals surface area contributed by atoms with Crippen molar-refractivity contribution in [3.05, 3.63) is 71.1 Å². The standard InChI is InChI=1S/C26H24ClF2N5S/c1-15-23(12-18(27)14-30-15)35-34-22-10-8-20(28)24(25(22)29)16-7-9-21-17(11-16)13-31-26(33-21)32-19-5-3-2-4-6-19/h7-14,19,34H,2-6H2,1H3,(H,31,32,33). The summed E-state index contributed by atoms with van der Waals surface area (Å²) in [4.78, 5) is 14.0. The average molecular weight is 512 g/mol. The molecule has 0 atom stereocenters. The van der Waals surface area contributed by atoms with Crippen molar-refractivity contribution in [1.29, 1.82) is 0 Å². The van der Waals surface area contributed by atoms with Gasteiger partial charge in [0.25, 0.3) is 0 Å². The van der Waals surface area contributed by atoms with E-state index < -0.39 is 11.6 Å². The molecule has 0 spiro atoms. The van der Waals surface area contributed by atoms with Crippen LogP contribution >= 0.6 is 23.5 Å². The van der Waals surface area contributed by atoms with E-state index in [0.717, 1.165) is 28.9 Å². The minimum Gasteiger partial charge on any atom is -0.351 e. The Balaban J connectivity index is 1.40. The van der Waals surface area contributed by atoms with Gasteiger partial charge in [-0.2, -0.15) is 0 Å². The zero-order valence-corrected chi connectivity index (χ0v) is 20.7. The molecule has 2 aromatic carbocycles. The average Bonchev–Trinajstić information content (AvgIpc) is 2.86. The van der Waals surface area contributed by atoms with Crippen molar-refractivity contribution in [3.63, 3.8) is 0 Å². The van der Waals surface area contributed by atoms with Gasteiger partial charge in [0, 0.05) is 23.8 Å². The van der Waals surface area contributed by atoms with E-state index in [1.807, 2.05) is 6.92 Å². The molecule has 2 aromatic heterocycles. The maximum absolute atomic E-state index is 15.4. The normalized spacial score (nSPS) is 14.3. The van der Waals surface area contributed by atoms with Gasteiger partial charge in [-0.3, -0.25) is 4.98 Å². The lowest BCUT2D eigenvalue weighted by Crippen LogP contribution is -2.23. The number of pyridine rings is 1. The van der Waals surface area contributed by atoms with Crippen molar-refractivity contribution in [3.8, 4) is 11.1 Å². The Morgan fingerprint density at radius 2 is 1.83 bits per heavy atom. The highest BCUT2D eigenvalue weighted by atomic mass is 35.5. The Hall–Kier alpha value is -2.97. The van der Waals surface area contributed by atoms with Crippen molar-refractivity contribution in [2.45, 2.75) is 50.0 Å². The number of hydrogen-bond donors (Lipinski definition) is 2. The van der Waals surface area contributed by atoms with Crippen LogP contribution in [0, 0.1) is 18.6 Å². The maximum Gasteiger partial charge on any atom is 0.223 e. The quantitative estimate of drug-likeness (QED) is 0.257. The first-order valence-corrected chi connectivity index (χ1v) is 12.7. The number of aromatic nitrogens is 3. The number of halogens is 3. The fourth-order valence-electron chi connectivity index (χ4n) is 4.29. The minimum absolute atomic E-state index is 0.108. The smallest absolute Gasteiger partial charge is 0.223 e. The second kappa shape index (κ2) is 10.3. The highest BCUT2D eigenvalue weighted by molar-refractivity contribution is 8.00. The predicted molar refractivity (Wildman–Crippen MR) is 139 cm³/mol. The molecule has 0 saturated heterocycles. The van der Waals surface area contributed by atoms with Crippen LogP contribution in [0.3, 0.4) is 0 Å². The van der Waals surface area contributed by atoms with Crippen molar-refractivity contribution < 1.29 is 8.78 Å². The molecule has 1 aliphatic carbocycles. The van der Waals surface area contributed by atoms with Crippen LogP contribution in [0.15, 0.2) is 53.7 Å². The monoisotopic (exact) mass is 511 g/mol. The van der Waals surface area contributed by atoms with E-state index in [1.54, 1.807) is 36.7 Å². The zero-order valence-electron chi connectivity index (χ0n) is 19.1. The third-order valence-electron chi connectivity index (χ3n) is 6.18. The first-order valence-electron chi connectivity index (χ1n) is 11.5. The largest absolute Gasteiger partial charge is 0.351 e. The molecule has 35 heavy (non-hydrogen) atoms. The molecule has 1 aliphatic rings. The van der Waals surface area contributed by atoms with Crippen LogP contribution in [0.25, 0.3) is 22.0 Å². The molecule has 0 unspecified atom stereocenters. The number of rotatable bonds is 6. The molecule has 9 heteroatoms. The van der Waals surface area contributed by atoms with Crippen LogP contribution in [0.5, 0.6) is 0 Å². The van der Waals surface area contributed by atoms with Gasteiger partial charge in [0.2, 0.25) is 5.95 Å². The summed E-state index contributed by atoms with van der Waals surface area (Å²) in [7, 11) is 0. The number of nitrogens with one attached hydrogen (secondary N) is 2. The fourth-order valence-corrected chi connectivity index (χ4v) is 5.27. The van der Waals surface area contributed by atoms with E-state index in [1.165, 1.54) is 43.3 Å². The number of fused-ring (bicyclic) bond motifs is 1. The molecule has 4 aromatic rings. The predicted octanol–water partition coefficient (Wildman–Crippen LogP) is 7.80.